The molecule has 94 valence electrons. The van der Waals surface area contributed by atoms with Crippen molar-refractivity contribution in [1.29, 1.82) is 0 Å². The minimum absolute atomic E-state index is 0.0643. The van der Waals surface area contributed by atoms with Gasteiger partial charge in [-0.05, 0) is 54.9 Å². The van der Waals surface area contributed by atoms with Gasteiger partial charge in [0.05, 0.1) is 6.04 Å². The zero-order valence-electron chi connectivity index (χ0n) is 10.3. The lowest BCUT2D eigenvalue weighted by atomic mass is 9.89. The molecule has 1 heterocycles. The summed E-state index contributed by atoms with van der Waals surface area (Å²) in [6.07, 6.45) is 1.10. The van der Waals surface area contributed by atoms with E-state index in [4.69, 9.17) is 5.84 Å². The van der Waals surface area contributed by atoms with Crippen molar-refractivity contribution in [3.05, 3.63) is 34.6 Å². The van der Waals surface area contributed by atoms with Crippen LogP contribution in [0.5, 0.6) is 0 Å². The molecule has 17 heavy (non-hydrogen) atoms. The quantitative estimate of drug-likeness (QED) is 0.643. The Morgan fingerprint density at radius 2 is 2.24 bits per heavy atom. The highest BCUT2D eigenvalue weighted by Crippen LogP contribution is 2.36. The van der Waals surface area contributed by atoms with Crippen molar-refractivity contribution in [3.8, 4) is 0 Å². The highest BCUT2D eigenvalue weighted by atomic mass is 32.2. The number of aryl methyl sites for hydroxylation is 2. The van der Waals surface area contributed by atoms with E-state index in [-0.39, 0.29) is 11.9 Å². The zero-order chi connectivity index (χ0) is 12.4. The van der Waals surface area contributed by atoms with Gasteiger partial charge in [0.1, 0.15) is 5.82 Å². The van der Waals surface area contributed by atoms with Crippen molar-refractivity contribution in [2.24, 2.45) is 11.8 Å². The van der Waals surface area contributed by atoms with Crippen LogP contribution in [0.3, 0.4) is 0 Å². The first-order valence-electron chi connectivity index (χ1n) is 5.94. The second kappa shape index (κ2) is 5.38. The first kappa shape index (κ1) is 12.9. The number of nitrogens with two attached hydrogens (primary N) is 1. The Morgan fingerprint density at radius 3 is 2.76 bits per heavy atom. The molecule has 0 radical (unpaired) electrons. The minimum atomic E-state index is -0.137. The molecule has 1 aromatic rings. The summed E-state index contributed by atoms with van der Waals surface area (Å²) in [5, 5.41) is 0. The minimum Gasteiger partial charge on any atom is -0.271 e. The van der Waals surface area contributed by atoms with Gasteiger partial charge in [-0.25, -0.2) is 4.39 Å². The fraction of sp³-hybridized carbons (Fsp3) is 0.538. The highest BCUT2D eigenvalue weighted by molar-refractivity contribution is 7.99. The van der Waals surface area contributed by atoms with E-state index in [0.717, 1.165) is 34.6 Å². The fourth-order valence-electron chi connectivity index (χ4n) is 2.59. The summed E-state index contributed by atoms with van der Waals surface area (Å²) in [6, 6.07) is 3.55. The Labute approximate surface area is 106 Å². The lowest BCUT2D eigenvalue weighted by molar-refractivity contribution is 0.385. The van der Waals surface area contributed by atoms with Crippen molar-refractivity contribution in [2.45, 2.75) is 26.3 Å². The molecule has 1 aliphatic heterocycles. The Balaban J connectivity index is 2.36. The lowest BCUT2D eigenvalue weighted by Crippen LogP contribution is -2.34. The predicted molar refractivity (Wildman–Crippen MR) is 71.4 cm³/mol. The smallest absolute Gasteiger partial charge is 0.128 e. The van der Waals surface area contributed by atoms with Gasteiger partial charge in [0.25, 0.3) is 0 Å². The van der Waals surface area contributed by atoms with Crippen molar-refractivity contribution >= 4 is 11.8 Å². The molecule has 0 aromatic heterocycles. The summed E-state index contributed by atoms with van der Waals surface area (Å²) >= 11 is 1.92. The molecule has 0 saturated carbocycles. The Hall–Kier alpha value is -0.580. The second-order valence-electron chi connectivity index (χ2n) is 4.75. The van der Waals surface area contributed by atoms with E-state index in [9.17, 15) is 4.39 Å². The Morgan fingerprint density at radius 1 is 1.47 bits per heavy atom. The third-order valence-corrected chi connectivity index (χ3v) is 4.60. The van der Waals surface area contributed by atoms with E-state index in [0.29, 0.717) is 5.92 Å². The molecule has 2 atom stereocenters. The molecule has 1 aromatic carbocycles. The standard InChI is InChI=1S/C13H19FN2S/c1-8-5-9(2)12(11(14)6-8)13(16-15)10-3-4-17-7-10/h5-6,10,13,16H,3-4,7,15H2,1-2H3. The van der Waals surface area contributed by atoms with E-state index < -0.39 is 0 Å². The molecule has 2 rings (SSSR count). The van der Waals surface area contributed by atoms with Crippen molar-refractivity contribution in [3.63, 3.8) is 0 Å². The van der Waals surface area contributed by atoms with Crippen molar-refractivity contribution in [1.82, 2.24) is 5.43 Å². The number of halogens is 1. The topological polar surface area (TPSA) is 38.0 Å². The van der Waals surface area contributed by atoms with Gasteiger partial charge in [0.15, 0.2) is 0 Å². The molecule has 0 aliphatic carbocycles. The lowest BCUT2D eigenvalue weighted by Gasteiger charge is -2.25. The van der Waals surface area contributed by atoms with Crippen LogP contribution in [0.25, 0.3) is 0 Å². The summed E-state index contributed by atoms with van der Waals surface area (Å²) in [4.78, 5) is 0. The van der Waals surface area contributed by atoms with Gasteiger partial charge < -0.3 is 0 Å². The number of hydrazine groups is 1. The summed E-state index contributed by atoms with van der Waals surface area (Å²) in [6.45, 7) is 3.87. The van der Waals surface area contributed by atoms with E-state index in [1.807, 2.05) is 31.7 Å². The van der Waals surface area contributed by atoms with Gasteiger partial charge in [0.2, 0.25) is 0 Å². The number of benzene rings is 1. The van der Waals surface area contributed by atoms with Crippen LogP contribution in [0.15, 0.2) is 12.1 Å². The SMILES string of the molecule is Cc1cc(C)c(C(NN)C2CCSC2)c(F)c1. The first-order chi connectivity index (χ1) is 8.13. The van der Waals surface area contributed by atoms with E-state index in [2.05, 4.69) is 5.43 Å². The van der Waals surface area contributed by atoms with Crippen molar-refractivity contribution < 1.29 is 4.39 Å². The maximum atomic E-state index is 14.1. The van der Waals surface area contributed by atoms with Crippen molar-refractivity contribution in [2.75, 3.05) is 11.5 Å². The summed E-state index contributed by atoms with van der Waals surface area (Å²) < 4.78 is 14.1. The predicted octanol–water partition coefficient (Wildman–Crippen LogP) is 2.70. The molecule has 0 amide bonds. The number of hydrogen-bond donors (Lipinski definition) is 2. The first-order valence-corrected chi connectivity index (χ1v) is 7.09. The van der Waals surface area contributed by atoms with Gasteiger partial charge in [-0.1, -0.05) is 6.07 Å². The van der Waals surface area contributed by atoms with Gasteiger partial charge in [0, 0.05) is 5.56 Å². The average Bonchev–Trinajstić information content (AvgIpc) is 2.76. The Kier molecular flexibility index (Phi) is 4.07. The van der Waals surface area contributed by atoms with Gasteiger partial charge in [-0.2, -0.15) is 11.8 Å². The maximum Gasteiger partial charge on any atom is 0.128 e. The second-order valence-corrected chi connectivity index (χ2v) is 5.90. The molecule has 1 aliphatic rings. The van der Waals surface area contributed by atoms with Crippen LogP contribution in [0.4, 0.5) is 4.39 Å². The molecule has 3 N–H and O–H groups in total. The number of nitrogens with one attached hydrogen (secondary N) is 1. The van der Waals surface area contributed by atoms with E-state index in [1.54, 1.807) is 6.07 Å². The Bertz CT molecular complexity index is 379. The van der Waals surface area contributed by atoms with Crippen LogP contribution >= 0.6 is 11.8 Å². The van der Waals surface area contributed by atoms with Crippen LogP contribution < -0.4 is 11.3 Å². The maximum absolute atomic E-state index is 14.1. The molecule has 4 heteroatoms. The average molecular weight is 254 g/mol. The number of thioether (sulfide) groups is 1. The molecule has 1 saturated heterocycles. The molecular weight excluding hydrogens is 235 g/mol. The van der Waals surface area contributed by atoms with Gasteiger partial charge in [-0.3, -0.25) is 11.3 Å². The van der Waals surface area contributed by atoms with E-state index in [1.165, 1.54) is 0 Å². The molecule has 1 fully saturated rings. The van der Waals surface area contributed by atoms with Crippen LogP contribution in [0, 0.1) is 25.6 Å². The van der Waals surface area contributed by atoms with E-state index >= 15 is 0 Å². The fourth-order valence-corrected chi connectivity index (χ4v) is 3.89. The van der Waals surface area contributed by atoms with Crippen LogP contribution in [-0.2, 0) is 0 Å². The third kappa shape index (κ3) is 2.64. The molecule has 2 nitrogen and oxygen atoms in total. The van der Waals surface area contributed by atoms with Gasteiger partial charge in [-0.15, -0.1) is 0 Å². The normalized spacial score (nSPS) is 21.8. The molecule has 0 spiro atoms. The molecule has 2 unspecified atom stereocenters. The highest BCUT2D eigenvalue weighted by Gasteiger charge is 2.29. The number of hydrogen-bond acceptors (Lipinski definition) is 3. The van der Waals surface area contributed by atoms with Gasteiger partial charge >= 0.3 is 0 Å². The van der Waals surface area contributed by atoms with Crippen LogP contribution in [0.1, 0.15) is 29.2 Å². The monoisotopic (exact) mass is 254 g/mol. The summed E-state index contributed by atoms with van der Waals surface area (Å²) in [5.41, 5.74) is 5.50. The number of rotatable bonds is 3. The van der Waals surface area contributed by atoms with Crippen LogP contribution in [0.2, 0.25) is 0 Å². The summed E-state index contributed by atoms with van der Waals surface area (Å²) in [7, 11) is 0. The molecule has 0 bridgehead atoms. The summed E-state index contributed by atoms with van der Waals surface area (Å²) in [5.74, 6) is 8.13. The van der Waals surface area contributed by atoms with Crippen LogP contribution in [-0.4, -0.2) is 11.5 Å². The third-order valence-electron chi connectivity index (χ3n) is 3.41. The zero-order valence-corrected chi connectivity index (χ0v) is 11.1. The largest absolute Gasteiger partial charge is 0.271 e. The molecular formula is C13H19FN2S.